The zero-order valence-electron chi connectivity index (χ0n) is 49.7. The molecule has 0 saturated heterocycles. The minimum absolute atomic E-state index is 0.0259. The maximum atomic E-state index is 15.5. The molecular formula is C73H86N4O8. The Balaban J connectivity index is 1.05. The van der Waals surface area contributed by atoms with Crippen molar-refractivity contribution in [2.45, 2.75) is 152 Å². The number of ether oxygens (including phenoxy) is 1. The van der Waals surface area contributed by atoms with E-state index in [0.29, 0.717) is 80.4 Å². The van der Waals surface area contributed by atoms with Crippen molar-refractivity contribution in [1.29, 1.82) is 0 Å². The summed E-state index contributed by atoms with van der Waals surface area (Å²) in [6.45, 7) is 5.88. The number of phenolic OH excluding ortho intramolecular Hbond substituents is 2. The number of aryl methyl sites for hydroxylation is 2. The molecule has 2 fully saturated rings. The van der Waals surface area contributed by atoms with Crippen LogP contribution < -0.4 is 20.7 Å². The summed E-state index contributed by atoms with van der Waals surface area (Å²) in [6, 6.07) is 34.1. The summed E-state index contributed by atoms with van der Waals surface area (Å²) in [6.07, 6.45) is 13.0. The maximum Gasteiger partial charge on any atom is 0.173 e. The molecule has 3 aliphatic carbocycles. The number of nitrogens with one attached hydrogen (secondary N) is 4. The summed E-state index contributed by atoms with van der Waals surface area (Å²) in [4.78, 5) is 33.9. The molecule has 5 aliphatic rings. The smallest absolute Gasteiger partial charge is 0.173 e. The number of aliphatic hydroxyl groups is 3. The fourth-order valence-corrected chi connectivity index (χ4v) is 15.3. The number of rotatable bonds is 7. The molecule has 9 bridgehead atoms. The lowest BCUT2D eigenvalue weighted by Crippen LogP contribution is -2.48. The predicted molar refractivity (Wildman–Crippen MR) is 336 cm³/mol. The molecule has 0 radical (unpaired) electrons. The number of β-amino-alcohol motifs (C(OH)–C–C–N with tert-alkyl or cyclic N) is 1. The number of hydrogen-bond donors (Lipinski definition) is 9. The second-order valence-electron chi connectivity index (χ2n) is 25.3. The van der Waals surface area contributed by atoms with Gasteiger partial charge in [-0.15, -0.1) is 0 Å². The van der Waals surface area contributed by atoms with Crippen LogP contribution in [-0.2, 0) is 40.7 Å². The van der Waals surface area contributed by atoms with Gasteiger partial charge in [0.15, 0.2) is 29.2 Å². The van der Waals surface area contributed by atoms with E-state index in [1.807, 2.05) is 66.7 Å². The van der Waals surface area contributed by atoms with Gasteiger partial charge in [0.25, 0.3) is 0 Å². The van der Waals surface area contributed by atoms with E-state index in [2.05, 4.69) is 95.3 Å². The van der Waals surface area contributed by atoms with E-state index in [0.717, 1.165) is 101 Å². The third-order valence-electron chi connectivity index (χ3n) is 19.8. The first-order chi connectivity index (χ1) is 41.3. The van der Waals surface area contributed by atoms with Crippen LogP contribution in [0.15, 0.2) is 133 Å². The fraction of sp³-hybridized carbons (Fsp3) is 0.452. The second-order valence-corrected chi connectivity index (χ2v) is 25.3. The highest BCUT2D eigenvalue weighted by molar-refractivity contribution is 6.06. The van der Waals surface area contributed by atoms with E-state index in [-0.39, 0.29) is 54.4 Å². The number of carbonyl (C=O) groups is 2. The summed E-state index contributed by atoms with van der Waals surface area (Å²) >= 11 is 0. The van der Waals surface area contributed by atoms with Crippen molar-refractivity contribution >= 4 is 28.0 Å². The number of carbonyl (C=O) groups excluding carboxylic acids is 2. The molecule has 85 heavy (non-hydrogen) atoms. The van der Waals surface area contributed by atoms with Crippen molar-refractivity contribution in [2.75, 3.05) is 32.1 Å². The minimum Gasteiger partial charge on any atom is -0.507 e. The van der Waals surface area contributed by atoms with Gasteiger partial charge in [0, 0.05) is 78.3 Å². The molecule has 9 N–H and O–H groups in total. The molecule has 0 amide bonds. The monoisotopic (exact) mass is 1150 g/mol. The average Bonchev–Trinajstić information content (AvgIpc) is 4.20. The van der Waals surface area contributed by atoms with Crippen molar-refractivity contribution in [1.82, 2.24) is 15.6 Å². The number of methoxy groups -OCH3 is 1. The number of anilines is 1. The first kappa shape index (κ1) is 59.6. The molecule has 0 unspecified atom stereocenters. The highest BCUT2D eigenvalue weighted by Crippen LogP contribution is 2.51. The number of hydrogen-bond acceptors (Lipinski definition) is 11. The van der Waals surface area contributed by atoms with Gasteiger partial charge in [-0.1, -0.05) is 136 Å². The molecule has 11 rings (SSSR count). The topological polar surface area (TPSA) is 196 Å². The van der Waals surface area contributed by atoms with E-state index in [4.69, 9.17) is 4.74 Å². The SMILES string of the molecule is CCC[C@H]1[C@H]2C[C@H](CC3=CCNC(=C3)Nc3ccc4ccc(c(O)c4c3)C[C@H](O)CNC[C@@H](C)c3c[nH]c(c3)C3(CCCCC3)[C@@H]1O)C[C@@H]1C#C[C@H](c3ccccc3)c3c(cc(OC)c(O)c3CCc3ccccc3)CCC(=O)[C@H](O)C(=O)[C@H]1C2. The molecule has 12 nitrogen and oxygen atoms in total. The highest BCUT2D eigenvalue weighted by atomic mass is 16.5. The lowest BCUT2D eigenvalue weighted by molar-refractivity contribution is -0.142. The fourth-order valence-electron chi connectivity index (χ4n) is 15.3. The number of dihydropyridines is 1. The Labute approximate surface area is 501 Å². The van der Waals surface area contributed by atoms with E-state index < -0.39 is 53.0 Å². The largest absolute Gasteiger partial charge is 0.507 e. The number of benzene rings is 5. The average molecular weight is 1150 g/mol. The van der Waals surface area contributed by atoms with Gasteiger partial charge >= 0.3 is 0 Å². The number of aliphatic hydroxyl groups excluding tert-OH is 3. The van der Waals surface area contributed by atoms with Crippen LogP contribution >= 0.6 is 0 Å². The first-order valence-electron chi connectivity index (χ1n) is 31.5. The summed E-state index contributed by atoms with van der Waals surface area (Å²) < 4.78 is 5.83. The van der Waals surface area contributed by atoms with Crippen molar-refractivity contribution < 1.29 is 39.9 Å². The normalized spacial score (nSPS) is 26.7. The number of aromatic amines is 1. The van der Waals surface area contributed by atoms with E-state index in [1.54, 1.807) is 6.07 Å². The molecule has 1 aromatic heterocycles. The van der Waals surface area contributed by atoms with Gasteiger partial charge in [0.1, 0.15) is 11.6 Å². The molecule has 3 heterocycles. The van der Waals surface area contributed by atoms with Gasteiger partial charge in [0.2, 0.25) is 0 Å². The van der Waals surface area contributed by atoms with Gasteiger partial charge < -0.3 is 51.2 Å². The maximum absolute atomic E-state index is 15.5. The van der Waals surface area contributed by atoms with Crippen LogP contribution in [-0.4, -0.2) is 87.1 Å². The van der Waals surface area contributed by atoms with Crippen LogP contribution in [0.2, 0.25) is 0 Å². The highest BCUT2D eigenvalue weighted by Gasteiger charge is 2.50. The van der Waals surface area contributed by atoms with Crippen molar-refractivity contribution in [3.05, 3.63) is 178 Å². The van der Waals surface area contributed by atoms with E-state index >= 15 is 4.79 Å². The molecule has 10 atom stereocenters. The number of phenols is 2. The number of Topliss-reactive ketones (excluding diaryl/α,β-unsaturated/α-hetero) is 2. The Morgan fingerprint density at radius 3 is 2.33 bits per heavy atom. The molecule has 6 aromatic rings. The summed E-state index contributed by atoms with van der Waals surface area (Å²) in [7, 11) is 1.53. The van der Waals surface area contributed by atoms with Crippen molar-refractivity contribution in [2.24, 2.45) is 29.6 Å². The van der Waals surface area contributed by atoms with Gasteiger partial charge in [0.05, 0.1) is 25.2 Å². The number of allylic oxidation sites excluding steroid dienone is 2. The van der Waals surface area contributed by atoms with Crippen LogP contribution in [0.1, 0.15) is 147 Å². The van der Waals surface area contributed by atoms with Crippen LogP contribution in [0.5, 0.6) is 17.2 Å². The van der Waals surface area contributed by atoms with Crippen molar-refractivity contribution in [3.8, 4) is 29.1 Å². The van der Waals surface area contributed by atoms with Crippen molar-refractivity contribution in [3.63, 3.8) is 0 Å². The van der Waals surface area contributed by atoms with Gasteiger partial charge in [-0.3, -0.25) is 9.59 Å². The van der Waals surface area contributed by atoms with Crippen LogP contribution in [0.4, 0.5) is 5.69 Å². The number of H-pyrrole nitrogens is 1. The summed E-state index contributed by atoms with van der Waals surface area (Å²) in [5.74, 6) is 5.55. The van der Waals surface area contributed by atoms with Crippen LogP contribution in [0, 0.1) is 41.4 Å². The Morgan fingerprint density at radius 1 is 0.776 bits per heavy atom. The van der Waals surface area contributed by atoms with E-state index in [1.165, 1.54) is 7.11 Å². The number of aromatic hydroxyl groups is 2. The molecule has 446 valence electrons. The Kier molecular flexibility index (Phi) is 18.7. The lowest BCUT2D eigenvalue weighted by Gasteiger charge is -2.46. The number of fused-ring (bicyclic) bond motifs is 10. The Hall–Kier alpha value is -7.14. The number of aromatic nitrogens is 1. The third-order valence-corrected chi connectivity index (χ3v) is 19.8. The van der Waals surface area contributed by atoms with E-state index in [9.17, 15) is 30.3 Å². The van der Waals surface area contributed by atoms with Gasteiger partial charge in [-0.2, -0.15) is 0 Å². The zero-order chi connectivity index (χ0) is 59.2. The van der Waals surface area contributed by atoms with Crippen LogP contribution in [0.3, 0.4) is 0 Å². The Morgan fingerprint density at radius 2 is 1.55 bits per heavy atom. The molecule has 12 heteroatoms. The first-order valence-corrected chi connectivity index (χ1v) is 31.5. The van der Waals surface area contributed by atoms with Crippen LogP contribution in [0.25, 0.3) is 10.8 Å². The minimum atomic E-state index is -1.87. The summed E-state index contributed by atoms with van der Waals surface area (Å²) in [5, 5.41) is 73.3. The number of ketones is 2. The quantitative estimate of drug-likeness (QED) is 0.0545. The lowest BCUT2D eigenvalue weighted by atomic mass is 9.61. The zero-order valence-corrected chi connectivity index (χ0v) is 49.7. The van der Waals surface area contributed by atoms with Gasteiger partial charge in [-0.25, -0.2) is 0 Å². The predicted octanol–water partition coefficient (Wildman–Crippen LogP) is 11.8. The molecule has 1 spiro atoms. The molecule has 2 saturated carbocycles. The third kappa shape index (κ3) is 13.0. The standard InChI is InChI=1S/C73H86N4O8/c1-4-14-59-54-35-48(34-51-23-27-58(49-17-10-6-11-18-49)67-52(24-28-63(79)71(83)70(82)61(51)38-54)39-64(85-3)69(81)60(67)26-19-46-15-8-5-9-16-46)33-47-29-32-75-66(36-47)77-56-25-22-50-20-21-53(68(80)62(50)41-56)37-57(78)44-74-42-45(2)55-40-65(76-43-55)73(72(59)84)30-12-7-13-31-73/h5-6,8-11,15-18,20-22,25,29,36,39-41,43,45,48,51,54,57-59,61,71-72,74-78,80-81,83-84H,4,7,12-14,19,24,26,28,30-35,37-38,42,44H2,1-3H3/t45-,48-,51+,54+,57+,58-,59+,61+,71+,72-/m1/s1. The Bertz CT molecular complexity index is 3460. The second kappa shape index (κ2) is 26.6. The summed E-state index contributed by atoms with van der Waals surface area (Å²) in [5.41, 5.74) is 8.46. The molecular weight excluding hydrogens is 1060 g/mol. The molecule has 5 aromatic carbocycles. The molecule has 2 aliphatic heterocycles. The van der Waals surface area contributed by atoms with Gasteiger partial charge in [-0.05, 0) is 163 Å².